The fourth-order valence-corrected chi connectivity index (χ4v) is 7.55. The third-order valence-electron chi connectivity index (χ3n) is 12.1. The lowest BCUT2D eigenvalue weighted by Gasteiger charge is -2.25. The molecule has 0 spiro atoms. The first-order valence-electron chi connectivity index (χ1n) is 30.0. The molecule has 0 radical (unpaired) electrons. The van der Waals surface area contributed by atoms with E-state index in [1.807, 2.05) is 21.1 Å². The molecule has 0 aromatic rings. The molecule has 2 unspecified atom stereocenters. The number of ether oxygens (including phenoxy) is 4. The third kappa shape index (κ3) is 58.7. The van der Waals surface area contributed by atoms with Crippen LogP contribution in [0, 0.1) is 0 Å². The van der Waals surface area contributed by atoms with E-state index >= 15 is 0 Å². The highest BCUT2D eigenvalue weighted by molar-refractivity contribution is 5.71. The highest BCUT2D eigenvalue weighted by Crippen LogP contribution is 2.14. The van der Waals surface area contributed by atoms with Crippen molar-refractivity contribution in [2.24, 2.45) is 0 Å². The van der Waals surface area contributed by atoms with Gasteiger partial charge in [0, 0.05) is 12.8 Å². The molecule has 434 valence electrons. The summed E-state index contributed by atoms with van der Waals surface area (Å²) in [5.74, 6) is -2.07. The summed E-state index contributed by atoms with van der Waals surface area (Å²) in [7, 11) is 5.95. The van der Waals surface area contributed by atoms with Gasteiger partial charge < -0.3 is 28.5 Å². The number of quaternary nitrogens is 1. The summed E-state index contributed by atoms with van der Waals surface area (Å²) in [6.07, 6.45) is 80.7. The molecule has 0 amide bonds. The van der Waals surface area contributed by atoms with Crippen LogP contribution >= 0.6 is 0 Å². The van der Waals surface area contributed by atoms with Gasteiger partial charge in [-0.1, -0.05) is 224 Å². The van der Waals surface area contributed by atoms with Crippen LogP contribution in [-0.2, 0) is 33.3 Å². The number of rotatable bonds is 53. The van der Waals surface area contributed by atoms with Crippen molar-refractivity contribution in [3.05, 3.63) is 146 Å². The predicted molar refractivity (Wildman–Crippen MR) is 327 cm³/mol. The van der Waals surface area contributed by atoms with E-state index in [9.17, 15) is 19.5 Å². The van der Waals surface area contributed by atoms with Crippen molar-refractivity contribution in [3.63, 3.8) is 0 Å². The maximum absolute atomic E-state index is 12.9. The molecule has 0 heterocycles. The quantitative estimate of drug-likeness (QED) is 0.0211. The molecule has 0 saturated carbocycles. The van der Waals surface area contributed by atoms with Crippen LogP contribution in [0.25, 0.3) is 0 Å². The van der Waals surface area contributed by atoms with Crippen LogP contribution in [0.2, 0.25) is 0 Å². The second-order valence-electron chi connectivity index (χ2n) is 20.5. The molecule has 0 aromatic carbocycles. The van der Waals surface area contributed by atoms with Gasteiger partial charge in [0.1, 0.15) is 13.2 Å². The number of hydrogen-bond donors (Lipinski definition) is 1. The fourth-order valence-electron chi connectivity index (χ4n) is 7.55. The van der Waals surface area contributed by atoms with Crippen molar-refractivity contribution < 1.29 is 42.9 Å². The molecular weight excluding hydrogens is 959 g/mol. The van der Waals surface area contributed by atoms with Crippen LogP contribution in [0.4, 0.5) is 0 Å². The molecule has 0 aliphatic rings. The van der Waals surface area contributed by atoms with Crippen LogP contribution < -0.4 is 0 Å². The van der Waals surface area contributed by atoms with E-state index in [1.54, 1.807) is 0 Å². The van der Waals surface area contributed by atoms with Gasteiger partial charge in [0.05, 0.1) is 34.4 Å². The molecule has 0 aromatic heterocycles. The number of allylic oxidation sites excluding steroid dienone is 24. The van der Waals surface area contributed by atoms with Crippen molar-refractivity contribution in [3.8, 4) is 0 Å². The van der Waals surface area contributed by atoms with Crippen molar-refractivity contribution in [1.82, 2.24) is 0 Å². The number of nitrogens with zero attached hydrogens (tertiary/aromatic N) is 1. The Bertz CT molecular complexity index is 1770. The third-order valence-corrected chi connectivity index (χ3v) is 12.1. The maximum Gasteiger partial charge on any atom is 0.361 e. The molecule has 9 heteroatoms. The summed E-state index contributed by atoms with van der Waals surface area (Å²) in [6.45, 7) is 4.58. The van der Waals surface area contributed by atoms with Gasteiger partial charge in [0.15, 0.2) is 6.10 Å². The van der Waals surface area contributed by atoms with Gasteiger partial charge in [0.2, 0.25) is 0 Å². The Hall–Kier alpha value is -4.83. The van der Waals surface area contributed by atoms with E-state index in [-0.39, 0.29) is 38.6 Å². The number of esters is 2. The average molecular weight is 1070 g/mol. The van der Waals surface area contributed by atoms with Gasteiger partial charge in [-0.3, -0.25) is 9.59 Å². The number of carboxylic acid groups (broad SMARTS) is 1. The molecule has 77 heavy (non-hydrogen) atoms. The standard InChI is InChI=1S/C68H109NO8/c1-6-8-10-12-14-16-18-20-22-24-26-27-28-29-30-31-32-33-34-35-36-37-38-39-41-43-45-47-49-51-53-55-57-59-66(71)77-64(63-76-68(67(72)73)74-61-60-69(3,4)5)62-75-65(70)58-56-54-52-50-48-46-44-42-40-25-23-21-19-17-15-13-11-9-7-2/h8-11,14-17,20-23,26-27,29-30,32-33,35-36,40,42,46,48,64,68H,6-7,12-13,18-19,24-25,28,31,34,37-39,41,43-45,47,49-63H2,1-5H3/p+1/b10-8-,11-9-,16-14-,17-15-,22-20-,23-21-,27-26-,30-29-,33-32-,36-35-,42-40-,48-46-. The Morgan fingerprint density at radius 3 is 1.05 bits per heavy atom. The average Bonchev–Trinajstić information content (AvgIpc) is 3.40. The monoisotopic (exact) mass is 1070 g/mol. The zero-order chi connectivity index (χ0) is 56.2. The second kappa shape index (κ2) is 57.3. The minimum atomic E-state index is -1.53. The van der Waals surface area contributed by atoms with E-state index in [1.165, 1.54) is 44.9 Å². The van der Waals surface area contributed by atoms with Gasteiger partial charge in [-0.15, -0.1) is 0 Å². The van der Waals surface area contributed by atoms with Crippen LogP contribution in [0.3, 0.4) is 0 Å². The van der Waals surface area contributed by atoms with E-state index in [2.05, 4.69) is 160 Å². The van der Waals surface area contributed by atoms with Crippen LogP contribution in [0.1, 0.15) is 206 Å². The molecule has 0 rings (SSSR count). The zero-order valence-corrected chi connectivity index (χ0v) is 49.3. The summed E-state index contributed by atoms with van der Waals surface area (Å²) in [6, 6.07) is 0. The largest absolute Gasteiger partial charge is 0.477 e. The first kappa shape index (κ1) is 72.2. The molecule has 0 bridgehead atoms. The lowest BCUT2D eigenvalue weighted by atomic mass is 10.0. The van der Waals surface area contributed by atoms with Crippen molar-refractivity contribution in [1.29, 1.82) is 0 Å². The molecule has 2 atom stereocenters. The summed E-state index contributed by atoms with van der Waals surface area (Å²) < 4.78 is 22.8. The molecule has 9 nitrogen and oxygen atoms in total. The predicted octanol–water partition coefficient (Wildman–Crippen LogP) is 18.0. The minimum Gasteiger partial charge on any atom is -0.477 e. The smallest absolute Gasteiger partial charge is 0.361 e. The highest BCUT2D eigenvalue weighted by Gasteiger charge is 2.25. The van der Waals surface area contributed by atoms with Crippen molar-refractivity contribution in [2.75, 3.05) is 47.5 Å². The number of carboxylic acids is 1. The summed E-state index contributed by atoms with van der Waals surface area (Å²) in [4.78, 5) is 37.4. The lowest BCUT2D eigenvalue weighted by Crippen LogP contribution is -2.40. The second-order valence-corrected chi connectivity index (χ2v) is 20.5. The van der Waals surface area contributed by atoms with Gasteiger partial charge in [-0.25, -0.2) is 4.79 Å². The molecule has 1 N–H and O–H groups in total. The van der Waals surface area contributed by atoms with Gasteiger partial charge in [0.25, 0.3) is 6.29 Å². The summed E-state index contributed by atoms with van der Waals surface area (Å²) in [5.41, 5.74) is 0. The summed E-state index contributed by atoms with van der Waals surface area (Å²) in [5, 5.41) is 9.71. The Morgan fingerprint density at radius 1 is 0.390 bits per heavy atom. The number of carbonyl (C=O) groups excluding carboxylic acids is 2. The maximum atomic E-state index is 12.9. The first-order valence-corrected chi connectivity index (χ1v) is 30.0. The minimum absolute atomic E-state index is 0.173. The molecule has 0 aliphatic carbocycles. The number of carbonyl (C=O) groups is 3. The Kier molecular flexibility index (Phi) is 53.8. The van der Waals surface area contributed by atoms with Crippen molar-refractivity contribution in [2.45, 2.75) is 219 Å². The Balaban J connectivity index is 4.27. The van der Waals surface area contributed by atoms with Gasteiger partial charge in [-0.2, -0.15) is 0 Å². The number of likely N-dealkylation sites (N-methyl/N-ethyl adjacent to an activating group) is 1. The number of hydrogen-bond acceptors (Lipinski definition) is 7. The topological polar surface area (TPSA) is 108 Å². The normalized spacial score (nSPS) is 13.8. The van der Waals surface area contributed by atoms with E-state index in [0.29, 0.717) is 23.9 Å². The molecule has 0 saturated heterocycles. The molecular formula is C68H110NO8+. The zero-order valence-electron chi connectivity index (χ0n) is 49.3. The lowest BCUT2D eigenvalue weighted by molar-refractivity contribution is -0.870. The highest BCUT2D eigenvalue weighted by atomic mass is 16.7. The molecule has 0 fully saturated rings. The van der Waals surface area contributed by atoms with Crippen LogP contribution in [0.15, 0.2) is 146 Å². The number of aliphatic carboxylic acids is 1. The first-order chi connectivity index (χ1) is 37.6. The van der Waals surface area contributed by atoms with E-state index in [0.717, 1.165) is 122 Å². The van der Waals surface area contributed by atoms with Gasteiger partial charge in [-0.05, 0) is 116 Å². The van der Waals surface area contributed by atoms with E-state index < -0.39 is 24.3 Å². The van der Waals surface area contributed by atoms with Crippen LogP contribution in [0.5, 0.6) is 0 Å². The van der Waals surface area contributed by atoms with E-state index in [4.69, 9.17) is 18.9 Å². The Morgan fingerprint density at radius 2 is 0.701 bits per heavy atom. The SMILES string of the molecule is CC/C=C\C/C=C\C/C=C\C/C=C\C/C=C\C/C=C\C/C=C\CCCCCCCCCCCCCC(=O)OC(COC(=O)CCCCC/C=C\C/C=C\C/C=C\C/C=C\C/C=C\CC)COC(OCC[N+](C)(C)C)C(=O)O. The van der Waals surface area contributed by atoms with Crippen LogP contribution in [-0.4, -0.2) is 87.4 Å². The summed E-state index contributed by atoms with van der Waals surface area (Å²) >= 11 is 0. The van der Waals surface area contributed by atoms with Gasteiger partial charge >= 0.3 is 17.9 Å². The molecule has 0 aliphatic heterocycles. The Labute approximate surface area is 471 Å². The van der Waals surface area contributed by atoms with Crippen molar-refractivity contribution >= 4 is 17.9 Å². The number of unbranched alkanes of at least 4 members (excludes halogenated alkanes) is 14. The fraction of sp³-hybridized carbons (Fsp3) is 0.603.